The number of ether oxygens (including phenoxy) is 2. The fourth-order valence-corrected chi connectivity index (χ4v) is 2.58. The van der Waals surface area contributed by atoms with E-state index in [9.17, 15) is 19.2 Å². The van der Waals surface area contributed by atoms with Gasteiger partial charge in [0.25, 0.3) is 0 Å². The molecule has 1 aromatic carbocycles. The topological polar surface area (TPSA) is 111 Å². The average molecular weight is 421 g/mol. The van der Waals surface area contributed by atoms with Crippen LogP contribution in [-0.4, -0.2) is 41.9 Å². The van der Waals surface area contributed by atoms with E-state index < -0.39 is 35.7 Å². The number of nitrogens with one attached hydrogen (secondary N) is 2. The number of rotatable bonds is 10. The highest BCUT2D eigenvalue weighted by molar-refractivity contribution is 5.89. The Morgan fingerprint density at radius 1 is 1.07 bits per heavy atom. The second-order valence-electron chi connectivity index (χ2n) is 8.44. The SMILES string of the molecule is CC(C)CC(C=O)NC(=O)C[C@H](NC(=O)OC(C)(C)C)C(=O)OCc1ccccc1. The zero-order valence-corrected chi connectivity index (χ0v) is 18.3. The highest BCUT2D eigenvalue weighted by Crippen LogP contribution is 2.09. The number of benzene rings is 1. The Kier molecular flexibility index (Phi) is 10.0. The van der Waals surface area contributed by atoms with Crippen LogP contribution >= 0.6 is 0 Å². The van der Waals surface area contributed by atoms with Crippen molar-refractivity contribution in [1.29, 1.82) is 0 Å². The first-order chi connectivity index (χ1) is 14.0. The van der Waals surface area contributed by atoms with Crippen molar-refractivity contribution in [1.82, 2.24) is 10.6 Å². The lowest BCUT2D eigenvalue weighted by atomic mass is 10.0. The zero-order valence-electron chi connectivity index (χ0n) is 18.3. The molecule has 0 fully saturated rings. The van der Waals surface area contributed by atoms with Crippen LogP contribution in [0.25, 0.3) is 0 Å². The molecule has 2 atom stereocenters. The lowest BCUT2D eigenvalue weighted by Gasteiger charge is -2.23. The number of hydrogen-bond acceptors (Lipinski definition) is 6. The number of aldehydes is 1. The smallest absolute Gasteiger partial charge is 0.408 e. The van der Waals surface area contributed by atoms with Gasteiger partial charge in [-0.05, 0) is 38.7 Å². The summed E-state index contributed by atoms with van der Waals surface area (Å²) in [7, 11) is 0. The van der Waals surface area contributed by atoms with E-state index in [0.29, 0.717) is 12.7 Å². The van der Waals surface area contributed by atoms with E-state index in [1.807, 2.05) is 19.9 Å². The summed E-state index contributed by atoms with van der Waals surface area (Å²) in [6, 6.07) is 7.11. The third-order valence-corrected chi connectivity index (χ3v) is 3.82. The van der Waals surface area contributed by atoms with Gasteiger partial charge in [0.15, 0.2) is 0 Å². The Labute approximate surface area is 177 Å². The Balaban J connectivity index is 2.79. The Morgan fingerprint density at radius 3 is 2.23 bits per heavy atom. The van der Waals surface area contributed by atoms with Gasteiger partial charge in [-0.25, -0.2) is 9.59 Å². The van der Waals surface area contributed by atoms with Crippen LogP contribution in [0.15, 0.2) is 30.3 Å². The van der Waals surface area contributed by atoms with Gasteiger partial charge in [-0.2, -0.15) is 0 Å². The molecule has 0 spiro atoms. The van der Waals surface area contributed by atoms with Gasteiger partial charge in [0.2, 0.25) is 5.91 Å². The fraction of sp³-hybridized carbons (Fsp3) is 0.545. The molecule has 0 aliphatic carbocycles. The van der Waals surface area contributed by atoms with E-state index >= 15 is 0 Å². The lowest BCUT2D eigenvalue weighted by molar-refractivity contribution is -0.149. The Hall–Kier alpha value is -2.90. The van der Waals surface area contributed by atoms with Gasteiger partial charge in [0.05, 0.1) is 12.5 Å². The molecule has 0 radical (unpaired) electrons. The Bertz CT molecular complexity index is 712. The first kappa shape index (κ1) is 25.1. The maximum atomic E-state index is 12.5. The molecular formula is C22H32N2O6. The number of amides is 2. The van der Waals surface area contributed by atoms with Crippen LogP contribution in [0.2, 0.25) is 0 Å². The van der Waals surface area contributed by atoms with Gasteiger partial charge in [-0.1, -0.05) is 44.2 Å². The highest BCUT2D eigenvalue weighted by Gasteiger charge is 2.28. The second-order valence-corrected chi connectivity index (χ2v) is 8.44. The molecule has 30 heavy (non-hydrogen) atoms. The van der Waals surface area contributed by atoms with Crippen LogP contribution in [0, 0.1) is 5.92 Å². The van der Waals surface area contributed by atoms with Crippen molar-refractivity contribution >= 4 is 24.3 Å². The van der Waals surface area contributed by atoms with Crippen LogP contribution in [0.3, 0.4) is 0 Å². The summed E-state index contributed by atoms with van der Waals surface area (Å²) < 4.78 is 10.4. The van der Waals surface area contributed by atoms with Crippen LogP contribution in [0.1, 0.15) is 53.0 Å². The van der Waals surface area contributed by atoms with Crippen LogP contribution < -0.4 is 10.6 Å². The quantitative estimate of drug-likeness (QED) is 0.445. The normalized spacial score (nSPS) is 13.1. The van der Waals surface area contributed by atoms with Crippen molar-refractivity contribution in [3.8, 4) is 0 Å². The van der Waals surface area contributed by atoms with Gasteiger partial charge in [0, 0.05) is 0 Å². The summed E-state index contributed by atoms with van der Waals surface area (Å²) in [5.41, 5.74) is -0.00526. The number of carbonyl (C=O) groups excluding carboxylic acids is 4. The standard InChI is InChI=1S/C22H32N2O6/c1-15(2)11-17(13-25)23-19(26)12-18(24-21(28)30-22(3,4)5)20(27)29-14-16-9-7-6-8-10-16/h6-10,13,15,17-18H,11-12,14H2,1-5H3,(H,23,26)(H,24,28)/t17?,18-/m0/s1. The summed E-state index contributed by atoms with van der Waals surface area (Å²) >= 11 is 0. The van der Waals surface area contributed by atoms with Gasteiger partial charge in [-0.3, -0.25) is 4.79 Å². The molecule has 8 nitrogen and oxygen atoms in total. The lowest BCUT2D eigenvalue weighted by Crippen LogP contribution is -2.48. The third-order valence-electron chi connectivity index (χ3n) is 3.82. The summed E-state index contributed by atoms with van der Waals surface area (Å²) in [5.74, 6) is -1.12. The molecule has 0 aliphatic rings. The largest absolute Gasteiger partial charge is 0.459 e. The van der Waals surface area contributed by atoms with Gasteiger partial charge in [-0.15, -0.1) is 0 Å². The Morgan fingerprint density at radius 2 is 1.70 bits per heavy atom. The van der Waals surface area contributed by atoms with Gasteiger partial charge >= 0.3 is 12.1 Å². The highest BCUT2D eigenvalue weighted by atomic mass is 16.6. The summed E-state index contributed by atoms with van der Waals surface area (Å²) in [6.07, 6.45) is -0.0965. The van der Waals surface area contributed by atoms with Crippen molar-refractivity contribution < 1.29 is 28.7 Å². The molecule has 0 heterocycles. The van der Waals surface area contributed by atoms with Crippen LogP contribution in [-0.2, 0) is 30.5 Å². The van der Waals surface area contributed by atoms with Crippen molar-refractivity contribution in [2.24, 2.45) is 5.92 Å². The van der Waals surface area contributed by atoms with E-state index in [0.717, 1.165) is 5.56 Å². The minimum Gasteiger partial charge on any atom is -0.459 e. The first-order valence-electron chi connectivity index (χ1n) is 9.95. The molecule has 1 aromatic rings. The number of hydrogen-bond donors (Lipinski definition) is 2. The van der Waals surface area contributed by atoms with E-state index in [-0.39, 0.29) is 18.9 Å². The van der Waals surface area contributed by atoms with Crippen LogP contribution in [0.5, 0.6) is 0 Å². The molecule has 1 unspecified atom stereocenters. The minimum absolute atomic E-state index is 0.00188. The predicted octanol–water partition coefficient (Wildman–Crippen LogP) is 2.74. The van der Waals surface area contributed by atoms with E-state index in [4.69, 9.17) is 9.47 Å². The molecule has 0 saturated carbocycles. The minimum atomic E-state index is -1.25. The fourth-order valence-electron chi connectivity index (χ4n) is 2.58. The molecule has 166 valence electrons. The summed E-state index contributed by atoms with van der Waals surface area (Å²) in [4.78, 5) is 48.2. The molecule has 8 heteroatoms. The van der Waals surface area contributed by atoms with Crippen molar-refractivity contribution in [2.75, 3.05) is 0 Å². The first-order valence-corrected chi connectivity index (χ1v) is 9.95. The average Bonchev–Trinajstić information content (AvgIpc) is 2.63. The monoisotopic (exact) mass is 420 g/mol. The molecule has 0 aromatic heterocycles. The number of alkyl carbamates (subject to hydrolysis) is 1. The molecular weight excluding hydrogens is 388 g/mol. The van der Waals surface area contributed by atoms with Gasteiger partial charge in [0.1, 0.15) is 24.5 Å². The predicted molar refractivity (Wildman–Crippen MR) is 111 cm³/mol. The van der Waals surface area contributed by atoms with E-state index in [1.54, 1.807) is 45.0 Å². The van der Waals surface area contributed by atoms with E-state index in [2.05, 4.69) is 10.6 Å². The maximum absolute atomic E-state index is 12.5. The molecule has 0 saturated heterocycles. The van der Waals surface area contributed by atoms with Crippen molar-refractivity contribution in [3.05, 3.63) is 35.9 Å². The van der Waals surface area contributed by atoms with Crippen molar-refractivity contribution in [3.63, 3.8) is 0 Å². The van der Waals surface area contributed by atoms with E-state index in [1.165, 1.54) is 0 Å². The molecule has 2 N–H and O–H groups in total. The third kappa shape index (κ3) is 10.6. The number of esters is 1. The second kappa shape index (κ2) is 11.9. The molecule has 0 bridgehead atoms. The summed E-state index contributed by atoms with van der Waals surface area (Å²) in [5, 5.41) is 4.96. The van der Waals surface area contributed by atoms with Crippen LogP contribution in [0.4, 0.5) is 4.79 Å². The molecule has 1 rings (SSSR count). The van der Waals surface area contributed by atoms with Gasteiger partial charge < -0.3 is 24.9 Å². The maximum Gasteiger partial charge on any atom is 0.408 e. The van der Waals surface area contributed by atoms with Crippen molar-refractivity contribution in [2.45, 2.75) is 71.8 Å². The molecule has 2 amide bonds. The summed E-state index contributed by atoms with van der Waals surface area (Å²) in [6.45, 7) is 8.90. The zero-order chi connectivity index (χ0) is 22.7. The molecule has 0 aliphatic heterocycles. The number of carbonyl (C=O) groups is 4.